The second kappa shape index (κ2) is 6.22. The largest absolute Gasteiger partial charge is 0.372 e. The van der Waals surface area contributed by atoms with Crippen molar-refractivity contribution in [2.45, 2.75) is 32.6 Å². The van der Waals surface area contributed by atoms with Gasteiger partial charge in [0.2, 0.25) is 5.95 Å². The highest BCUT2D eigenvalue weighted by Gasteiger charge is 2.12. The van der Waals surface area contributed by atoms with E-state index in [1.807, 2.05) is 26.0 Å². The molecule has 22 heavy (non-hydrogen) atoms. The molecule has 2 heterocycles. The fourth-order valence-electron chi connectivity index (χ4n) is 2.70. The Morgan fingerprint density at radius 2 is 1.86 bits per heavy atom. The van der Waals surface area contributed by atoms with Crippen LogP contribution in [0, 0.1) is 0 Å². The van der Waals surface area contributed by atoms with Crippen LogP contribution in [0.15, 0.2) is 35.1 Å². The number of aromatic nitrogens is 2. The first-order valence-electron chi connectivity index (χ1n) is 7.85. The van der Waals surface area contributed by atoms with Crippen molar-refractivity contribution in [2.75, 3.05) is 23.3 Å². The van der Waals surface area contributed by atoms with Crippen LogP contribution >= 0.6 is 0 Å². The van der Waals surface area contributed by atoms with Crippen LogP contribution in [0.25, 0.3) is 0 Å². The van der Waals surface area contributed by atoms with Gasteiger partial charge in [0.15, 0.2) is 0 Å². The van der Waals surface area contributed by atoms with Crippen LogP contribution in [0.3, 0.4) is 0 Å². The molecule has 0 saturated carbocycles. The maximum atomic E-state index is 11.7. The molecule has 1 aliphatic rings. The summed E-state index contributed by atoms with van der Waals surface area (Å²) in [6.07, 6.45) is 2.54. The molecule has 0 unspecified atom stereocenters. The molecule has 3 rings (SSSR count). The van der Waals surface area contributed by atoms with Gasteiger partial charge in [0, 0.05) is 30.5 Å². The number of H-pyrrole nitrogens is 1. The second-order valence-electron chi connectivity index (χ2n) is 6.04. The molecule has 1 aliphatic heterocycles. The topological polar surface area (TPSA) is 61.0 Å². The number of nitrogens with one attached hydrogen (secondary N) is 2. The Hall–Kier alpha value is -2.30. The lowest BCUT2D eigenvalue weighted by Gasteiger charge is -2.18. The number of nitrogens with zero attached hydrogens (tertiary/aromatic N) is 2. The molecule has 0 amide bonds. The zero-order valence-electron chi connectivity index (χ0n) is 13.1. The third-order valence-electron chi connectivity index (χ3n) is 3.95. The summed E-state index contributed by atoms with van der Waals surface area (Å²) >= 11 is 0. The first kappa shape index (κ1) is 14.6. The standard InChI is InChI=1S/C17H22N4O/c1-12(2)15-11-16(22)20-17(19-15)18-13-5-7-14(8-6-13)21-9-3-4-10-21/h5-8,11-12H,3-4,9-10H2,1-2H3,(H2,18,19,20,22). The molecule has 2 N–H and O–H groups in total. The van der Waals surface area contributed by atoms with E-state index in [-0.39, 0.29) is 11.5 Å². The summed E-state index contributed by atoms with van der Waals surface area (Å²) in [5, 5.41) is 3.17. The van der Waals surface area contributed by atoms with Crippen molar-refractivity contribution < 1.29 is 0 Å². The smallest absolute Gasteiger partial charge is 0.252 e. The number of rotatable bonds is 4. The molecule has 0 aliphatic carbocycles. The Bertz CT molecular complexity index is 685. The minimum atomic E-state index is -0.130. The zero-order valence-corrected chi connectivity index (χ0v) is 13.1. The van der Waals surface area contributed by atoms with Gasteiger partial charge in [-0.2, -0.15) is 0 Å². The van der Waals surface area contributed by atoms with Crippen molar-refractivity contribution in [3.8, 4) is 0 Å². The summed E-state index contributed by atoms with van der Waals surface area (Å²) in [6.45, 7) is 6.32. The first-order chi connectivity index (χ1) is 10.6. The average Bonchev–Trinajstić information content (AvgIpc) is 3.01. The van der Waals surface area contributed by atoms with Crippen LogP contribution < -0.4 is 15.8 Å². The van der Waals surface area contributed by atoms with Crippen molar-refractivity contribution >= 4 is 17.3 Å². The van der Waals surface area contributed by atoms with E-state index in [0.717, 1.165) is 24.5 Å². The van der Waals surface area contributed by atoms with Crippen molar-refractivity contribution in [3.05, 3.63) is 46.4 Å². The molecule has 116 valence electrons. The Balaban J connectivity index is 1.76. The van der Waals surface area contributed by atoms with E-state index < -0.39 is 0 Å². The van der Waals surface area contributed by atoms with E-state index in [4.69, 9.17) is 0 Å². The van der Waals surface area contributed by atoms with Gasteiger partial charge in [-0.05, 0) is 43.0 Å². The number of benzene rings is 1. The molecule has 5 nitrogen and oxygen atoms in total. The molecule has 1 aromatic heterocycles. The van der Waals surface area contributed by atoms with Gasteiger partial charge in [0.05, 0.1) is 5.69 Å². The van der Waals surface area contributed by atoms with Gasteiger partial charge in [-0.25, -0.2) is 4.98 Å². The van der Waals surface area contributed by atoms with Crippen LogP contribution in [0.2, 0.25) is 0 Å². The highest BCUT2D eigenvalue weighted by atomic mass is 16.1. The van der Waals surface area contributed by atoms with Crippen LogP contribution in [0.5, 0.6) is 0 Å². The summed E-state index contributed by atoms with van der Waals surface area (Å²) in [5.41, 5.74) is 2.84. The quantitative estimate of drug-likeness (QED) is 0.909. The van der Waals surface area contributed by atoms with Gasteiger partial charge in [0.1, 0.15) is 0 Å². The lowest BCUT2D eigenvalue weighted by molar-refractivity contribution is 0.812. The van der Waals surface area contributed by atoms with Crippen molar-refractivity contribution in [3.63, 3.8) is 0 Å². The molecule has 1 fully saturated rings. The summed E-state index contributed by atoms with van der Waals surface area (Å²) in [5.74, 6) is 0.713. The highest BCUT2D eigenvalue weighted by Crippen LogP contribution is 2.23. The Morgan fingerprint density at radius 3 is 2.50 bits per heavy atom. The van der Waals surface area contributed by atoms with E-state index in [0.29, 0.717) is 5.95 Å². The fraction of sp³-hybridized carbons (Fsp3) is 0.412. The van der Waals surface area contributed by atoms with Crippen LogP contribution in [0.4, 0.5) is 17.3 Å². The molecule has 5 heteroatoms. The second-order valence-corrected chi connectivity index (χ2v) is 6.04. The molecular formula is C17H22N4O. The fourth-order valence-corrected chi connectivity index (χ4v) is 2.70. The SMILES string of the molecule is CC(C)c1cc(=O)[nH]c(Nc2ccc(N3CCCC3)cc2)n1. The molecule has 1 saturated heterocycles. The minimum absolute atomic E-state index is 0.130. The number of hydrogen-bond acceptors (Lipinski definition) is 4. The first-order valence-corrected chi connectivity index (χ1v) is 7.85. The van der Waals surface area contributed by atoms with Gasteiger partial charge < -0.3 is 10.2 Å². The average molecular weight is 298 g/mol. The normalized spacial score (nSPS) is 14.6. The predicted octanol–water partition coefficient (Wildman–Crippen LogP) is 3.24. The maximum absolute atomic E-state index is 11.7. The maximum Gasteiger partial charge on any atom is 0.252 e. The minimum Gasteiger partial charge on any atom is -0.372 e. The van der Waals surface area contributed by atoms with Gasteiger partial charge in [-0.3, -0.25) is 9.78 Å². The third kappa shape index (κ3) is 3.30. The molecule has 0 bridgehead atoms. The predicted molar refractivity (Wildman–Crippen MR) is 90.1 cm³/mol. The lowest BCUT2D eigenvalue weighted by atomic mass is 10.1. The number of hydrogen-bond donors (Lipinski definition) is 2. The molecule has 0 spiro atoms. The van der Waals surface area contributed by atoms with E-state index in [1.165, 1.54) is 18.5 Å². The van der Waals surface area contributed by atoms with Gasteiger partial charge >= 0.3 is 0 Å². The van der Waals surface area contributed by atoms with Crippen molar-refractivity contribution in [2.24, 2.45) is 0 Å². The van der Waals surface area contributed by atoms with Crippen LogP contribution in [0.1, 0.15) is 38.3 Å². The van der Waals surface area contributed by atoms with Gasteiger partial charge in [-0.1, -0.05) is 13.8 Å². The van der Waals surface area contributed by atoms with Gasteiger partial charge in [0.25, 0.3) is 5.56 Å². The summed E-state index contributed by atoms with van der Waals surface area (Å²) in [4.78, 5) is 21.3. The molecule has 0 atom stereocenters. The summed E-state index contributed by atoms with van der Waals surface area (Å²) in [7, 11) is 0. The molecule has 2 aromatic rings. The van der Waals surface area contributed by atoms with E-state index >= 15 is 0 Å². The van der Waals surface area contributed by atoms with Crippen LogP contribution in [-0.4, -0.2) is 23.1 Å². The van der Waals surface area contributed by atoms with Crippen LogP contribution in [-0.2, 0) is 0 Å². The van der Waals surface area contributed by atoms with Gasteiger partial charge in [-0.15, -0.1) is 0 Å². The summed E-state index contributed by atoms with van der Waals surface area (Å²) in [6, 6.07) is 9.81. The Morgan fingerprint density at radius 1 is 1.18 bits per heavy atom. The number of anilines is 3. The third-order valence-corrected chi connectivity index (χ3v) is 3.95. The van der Waals surface area contributed by atoms with Crippen molar-refractivity contribution in [1.29, 1.82) is 0 Å². The van der Waals surface area contributed by atoms with Crippen molar-refractivity contribution in [1.82, 2.24) is 9.97 Å². The number of aromatic amines is 1. The van der Waals surface area contributed by atoms with E-state index in [2.05, 4.69) is 32.3 Å². The molecular weight excluding hydrogens is 276 g/mol. The van der Waals surface area contributed by atoms with E-state index in [9.17, 15) is 4.79 Å². The zero-order chi connectivity index (χ0) is 15.5. The lowest BCUT2D eigenvalue weighted by Crippen LogP contribution is -2.17. The highest BCUT2D eigenvalue weighted by molar-refractivity contribution is 5.59. The van der Waals surface area contributed by atoms with E-state index in [1.54, 1.807) is 6.07 Å². The summed E-state index contributed by atoms with van der Waals surface area (Å²) < 4.78 is 0. The molecule has 0 radical (unpaired) electrons. The molecule has 1 aromatic carbocycles. The Labute approximate surface area is 130 Å². The Kier molecular flexibility index (Phi) is 4.13. The monoisotopic (exact) mass is 298 g/mol.